The van der Waals surface area contributed by atoms with Crippen molar-refractivity contribution in [2.75, 3.05) is 26.9 Å². The number of hydrogen-bond acceptors (Lipinski definition) is 7. The van der Waals surface area contributed by atoms with E-state index in [0.717, 1.165) is 22.3 Å². The van der Waals surface area contributed by atoms with E-state index in [4.69, 9.17) is 19.6 Å². The van der Waals surface area contributed by atoms with Crippen LogP contribution in [0, 0.1) is 11.6 Å². The average molecular weight is 641 g/mol. The molecule has 5 heterocycles. The quantitative estimate of drug-likeness (QED) is 0.135. The first-order valence-electron chi connectivity index (χ1n) is 14.7. The molecule has 1 aliphatic heterocycles. The van der Waals surface area contributed by atoms with E-state index in [1.807, 2.05) is 47.5 Å². The predicted octanol–water partition coefficient (Wildman–Crippen LogP) is 6.77. The summed E-state index contributed by atoms with van der Waals surface area (Å²) in [6, 6.07) is 11.8. The Morgan fingerprint density at radius 2 is 1.96 bits per heavy atom. The number of carbonyl (C=O) groups excluding carboxylic acids is 1. The van der Waals surface area contributed by atoms with Gasteiger partial charge >= 0.3 is 0 Å². The number of halogens is 2. The molecule has 0 saturated carbocycles. The maximum Gasteiger partial charge on any atom is 0.246 e. The molecule has 1 aliphatic rings. The lowest BCUT2D eigenvalue weighted by atomic mass is 9.95. The number of amides is 1. The average Bonchev–Trinajstić information content (AvgIpc) is 3.78. The molecule has 6 aromatic rings. The van der Waals surface area contributed by atoms with Crippen molar-refractivity contribution in [1.82, 2.24) is 29.2 Å². The Morgan fingerprint density at radius 3 is 2.76 bits per heavy atom. The molecule has 0 aliphatic carbocycles. The minimum atomic E-state index is -0.590. The second-order valence-electron chi connectivity index (χ2n) is 11.1. The maximum absolute atomic E-state index is 16.1. The van der Waals surface area contributed by atoms with Crippen LogP contribution in [0.1, 0.15) is 18.7 Å². The summed E-state index contributed by atoms with van der Waals surface area (Å²) in [7, 11) is 3.47. The minimum absolute atomic E-state index is 0.0811. The molecule has 0 saturated heterocycles. The van der Waals surface area contributed by atoms with E-state index in [1.54, 1.807) is 30.5 Å². The van der Waals surface area contributed by atoms with E-state index in [0.29, 0.717) is 34.9 Å². The van der Waals surface area contributed by atoms with Gasteiger partial charge in [-0.25, -0.2) is 18.7 Å². The van der Waals surface area contributed by atoms with Crippen LogP contribution in [0.5, 0.6) is 5.75 Å². The predicted molar refractivity (Wildman–Crippen MR) is 174 cm³/mol. The molecular formula is C34H30F2N6O3S. The second-order valence-corrected chi connectivity index (χ2v) is 12.0. The van der Waals surface area contributed by atoms with Gasteiger partial charge in [-0.1, -0.05) is 18.7 Å². The number of imidazole rings is 1. The molecule has 0 N–H and O–H groups in total. The van der Waals surface area contributed by atoms with Crippen LogP contribution in [0.3, 0.4) is 0 Å². The molecule has 1 amide bonds. The maximum atomic E-state index is 16.1. The Hall–Kier alpha value is -4.94. The number of hydrogen-bond donors (Lipinski definition) is 0. The van der Waals surface area contributed by atoms with Crippen molar-refractivity contribution in [3.8, 4) is 39.5 Å². The summed E-state index contributed by atoms with van der Waals surface area (Å²) in [5.41, 5.74) is 4.76. The first kappa shape index (κ1) is 29.8. The lowest BCUT2D eigenvalue weighted by Gasteiger charge is -2.33. The highest BCUT2D eigenvalue weighted by atomic mass is 32.1. The van der Waals surface area contributed by atoms with Gasteiger partial charge < -0.3 is 18.9 Å². The van der Waals surface area contributed by atoms with Crippen molar-refractivity contribution >= 4 is 38.4 Å². The van der Waals surface area contributed by atoms with Crippen LogP contribution in [0.2, 0.25) is 0 Å². The largest absolute Gasteiger partial charge is 0.490 e. The summed E-state index contributed by atoms with van der Waals surface area (Å²) in [6.45, 7) is 6.89. The fourth-order valence-electron chi connectivity index (χ4n) is 6.13. The monoisotopic (exact) mass is 640 g/mol. The standard InChI is InChI=1S/C34H30F2N6O3S/c1-5-28(43)41-11-12-42-26(19(41)2)16-24(39-42)33-31(29-21(35)7-6-8-27(29)45-14-13-44-4)30-22(36)17-46-34(30)32(38-33)20-9-10-25-23(15-20)37-18-40(25)3/h5-10,15-19H,1,11-14H2,2-4H3/t19-/m1/s1. The van der Waals surface area contributed by atoms with Gasteiger partial charge in [0.1, 0.15) is 35.4 Å². The number of rotatable bonds is 8. The van der Waals surface area contributed by atoms with Crippen LogP contribution in [-0.2, 0) is 23.1 Å². The van der Waals surface area contributed by atoms with Crippen molar-refractivity contribution in [3.05, 3.63) is 84.2 Å². The number of aryl methyl sites for hydroxylation is 1. The first-order valence-corrected chi connectivity index (χ1v) is 15.6. The Labute approximate surface area is 267 Å². The molecule has 4 aromatic heterocycles. The van der Waals surface area contributed by atoms with E-state index in [-0.39, 0.29) is 47.4 Å². The number of methoxy groups -OCH3 is 1. The van der Waals surface area contributed by atoms with E-state index < -0.39 is 11.6 Å². The molecule has 1 atom stereocenters. The number of aromatic nitrogens is 5. The number of nitrogens with zero attached hydrogens (tertiary/aromatic N) is 6. The zero-order valence-electron chi connectivity index (χ0n) is 25.5. The Bertz CT molecular complexity index is 2150. The molecule has 0 unspecified atom stereocenters. The molecule has 12 heteroatoms. The topological polar surface area (TPSA) is 87.3 Å². The Morgan fingerprint density at radius 1 is 1.11 bits per heavy atom. The highest BCUT2D eigenvalue weighted by Crippen LogP contribution is 2.48. The zero-order chi connectivity index (χ0) is 32.1. The first-order chi connectivity index (χ1) is 22.3. The smallest absolute Gasteiger partial charge is 0.246 e. The van der Waals surface area contributed by atoms with Crippen molar-refractivity contribution in [3.63, 3.8) is 0 Å². The SMILES string of the molecule is C=CC(=O)N1CCn2nc(-c3nc(-c4ccc5c(c4)ncn5C)c4scc(F)c4c3-c3c(F)cccc3OCCOC)cc2[C@H]1C. The van der Waals surface area contributed by atoms with Crippen LogP contribution >= 0.6 is 11.3 Å². The van der Waals surface area contributed by atoms with Crippen molar-refractivity contribution < 1.29 is 23.0 Å². The van der Waals surface area contributed by atoms with Crippen LogP contribution in [-0.4, -0.2) is 62.0 Å². The molecule has 7 rings (SSSR count). The molecule has 0 spiro atoms. The molecule has 46 heavy (non-hydrogen) atoms. The highest BCUT2D eigenvalue weighted by Gasteiger charge is 2.32. The van der Waals surface area contributed by atoms with Gasteiger partial charge in [-0.15, -0.1) is 11.3 Å². The summed E-state index contributed by atoms with van der Waals surface area (Å²) in [5.74, 6) is -1.05. The molecule has 9 nitrogen and oxygen atoms in total. The van der Waals surface area contributed by atoms with E-state index in [2.05, 4.69) is 11.6 Å². The Kier molecular flexibility index (Phi) is 7.61. The third-order valence-corrected chi connectivity index (χ3v) is 9.36. The number of thiophene rings is 1. The number of ether oxygens (including phenoxy) is 2. The van der Waals surface area contributed by atoms with Gasteiger partial charge in [0.25, 0.3) is 0 Å². The van der Waals surface area contributed by atoms with Gasteiger partial charge in [-0.3, -0.25) is 9.48 Å². The fourth-order valence-corrected chi connectivity index (χ4v) is 7.06. The summed E-state index contributed by atoms with van der Waals surface area (Å²) in [6.07, 6.45) is 3.03. The molecule has 0 radical (unpaired) electrons. The minimum Gasteiger partial charge on any atom is -0.490 e. The van der Waals surface area contributed by atoms with E-state index >= 15 is 8.78 Å². The van der Waals surface area contributed by atoms with Crippen molar-refractivity contribution in [2.24, 2.45) is 7.05 Å². The number of pyridine rings is 1. The third-order valence-electron chi connectivity index (χ3n) is 8.40. The number of carbonyl (C=O) groups is 1. The van der Waals surface area contributed by atoms with Gasteiger partial charge in [-0.05, 0) is 43.3 Å². The number of benzene rings is 2. The van der Waals surface area contributed by atoms with Crippen LogP contribution in [0.15, 0.2) is 66.8 Å². The van der Waals surface area contributed by atoms with Crippen molar-refractivity contribution in [2.45, 2.75) is 19.5 Å². The summed E-state index contributed by atoms with van der Waals surface area (Å²) < 4.78 is 47.5. The lowest BCUT2D eigenvalue weighted by molar-refractivity contribution is -0.129. The van der Waals surface area contributed by atoms with Gasteiger partial charge in [0.05, 0.1) is 58.2 Å². The number of fused-ring (bicyclic) bond motifs is 3. The van der Waals surface area contributed by atoms with Crippen LogP contribution < -0.4 is 4.74 Å². The van der Waals surface area contributed by atoms with E-state index in [1.165, 1.54) is 28.9 Å². The molecule has 2 aromatic carbocycles. The Balaban J connectivity index is 1.52. The molecular weight excluding hydrogens is 610 g/mol. The van der Waals surface area contributed by atoms with Crippen LogP contribution in [0.4, 0.5) is 8.78 Å². The molecule has 0 fully saturated rings. The van der Waals surface area contributed by atoms with E-state index in [9.17, 15) is 4.79 Å². The zero-order valence-corrected chi connectivity index (χ0v) is 26.3. The molecule has 234 valence electrons. The van der Waals surface area contributed by atoms with Crippen LogP contribution in [0.25, 0.3) is 54.9 Å². The highest BCUT2D eigenvalue weighted by molar-refractivity contribution is 7.17. The second kappa shape index (κ2) is 11.8. The normalized spacial score (nSPS) is 14.6. The van der Waals surface area contributed by atoms with Crippen molar-refractivity contribution in [1.29, 1.82) is 0 Å². The summed E-state index contributed by atoms with van der Waals surface area (Å²) in [5, 5.41) is 6.52. The lowest BCUT2D eigenvalue weighted by Crippen LogP contribution is -2.40. The van der Waals surface area contributed by atoms with Gasteiger partial charge in [-0.2, -0.15) is 5.10 Å². The summed E-state index contributed by atoms with van der Waals surface area (Å²) >= 11 is 1.20. The van der Waals surface area contributed by atoms with Gasteiger partial charge in [0, 0.05) is 42.6 Å². The summed E-state index contributed by atoms with van der Waals surface area (Å²) in [4.78, 5) is 24.0. The third kappa shape index (κ3) is 4.85. The molecule has 0 bridgehead atoms. The van der Waals surface area contributed by atoms with Gasteiger partial charge in [0.15, 0.2) is 0 Å². The fraction of sp³-hybridized carbons (Fsp3) is 0.235. The van der Waals surface area contributed by atoms with Gasteiger partial charge in [0.2, 0.25) is 5.91 Å².